The number of aromatic nitrogens is 6. The van der Waals surface area contributed by atoms with Crippen LogP contribution < -0.4 is 20.1 Å². The molecule has 0 saturated carbocycles. The molecule has 50 heavy (non-hydrogen) atoms. The average Bonchev–Trinajstić information content (AvgIpc) is 3.77. The van der Waals surface area contributed by atoms with E-state index in [-0.39, 0.29) is 18.6 Å². The van der Waals surface area contributed by atoms with Crippen LogP contribution in [0.1, 0.15) is 42.6 Å². The third-order valence-electron chi connectivity index (χ3n) is 8.54. The van der Waals surface area contributed by atoms with E-state index in [0.717, 1.165) is 41.6 Å². The molecule has 0 bridgehead atoms. The lowest BCUT2D eigenvalue weighted by Gasteiger charge is -2.15. The number of carbonyl (C=O) groups excluding carboxylic acids is 1. The number of aryl methyl sites for hydroxylation is 1. The molecule has 6 rings (SSSR count). The number of rotatable bonds is 15. The molecule has 1 aliphatic heterocycles. The molecule has 1 amide bonds. The summed E-state index contributed by atoms with van der Waals surface area (Å²) in [5, 5.41) is 20.6. The number of hydrogen-bond acceptors (Lipinski definition) is 10. The second-order valence-electron chi connectivity index (χ2n) is 11.9. The van der Waals surface area contributed by atoms with Crippen molar-refractivity contribution in [2.24, 2.45) is 0 Å². The summed E-state index contributed by atoms with van der Waals surface area (Å²) in [6, 6.07) is 11.6. The Morgan fingerprint density at radius 3 is 2.12 bits per heavy atom. The van der Waals surface area contributed by atoms with E-state index >= 15 is 0 Å². The molecule has 1 aliphatic rings. The standard InChI is InChI=1S/C36H38Cl2N8O4/c1-49-35-28(11-3-6-23-12-13-32(48)43-23)40-19-29(44-35)26-9-4-7-24(33(26)37)25-8-5-10-27(34(25)38)30-20-41-31(36(45-30)50-2)18-39-16-22-17-42-46(21-22)14-15-47/h4-5,7-10,17,19-21,23,39,47H,3,6,11-16,18H2,1-2H3,(H,43,48)/t23-/m1/s1. The Balaban J connectivity index is 1.19. The van der Waals surface area contributed by atoms with Crippen LogP contribution in [0.15, 0.2) is 61.2 Å². The summed E-state index contributed by atoms with van der Waals surface area (Å²) in [6.07, 6.45) is 10.9. The predicted molar refractivity (Wildman–Crippen MR) is 191 cm³/mol. The van der Waals surface area contributed by atoms with E-state index in [0.29, 0.717) is 82.5 Å². The van der Waals surface area contributed by atoms with Gasteiger partial charge in [0.05, 0.1) is 67.4 Å². The summed E-state index contributed by atoms with van der Waals surface area (Å²) in [7, 11) is 3.14. The summed E-state index contributed by atoms with van der Waals surface area (Å²) in [5.74, 6) is 0.947. The van der Waals surface area contributed by atoms with Gasteiger partial charge in [-0.15, -0.1) is 0 Å². The van der Waals surface area contributed by atoms with Gasteiger partial charge in [-0.1, -0.05) is 59.6 Å². The molecule has 0 aliphatic carbocycles. The molecule has 0 unspecified atom stereocenters. The fourth-order valence-corrected chi connectivity index (χ4v) is 6.66. The van der Waals surface area contributed by atoms with Crippen LogP contribution in [0.4, 0.5) is 0 Å². The Kier molecular flexibility index (Phi) is 11.5. The molecular formula is C36H38Cl2N8O4. The fourth-order valence-electron chi connectivity index (χ4n) is 6.01. The number of carbonyl (C=O) groups is 1. The molecule has 0 radical (unpaired) electrons. The molecule has 3 N–H and O–H groups in total. The predicted octanol–water partition coefficient (Wildman–Crippen LogP) is 5.67. The average molecular weight is 718 g/mol. The van der Waals surface area contributed by atoms with Crippen LogP contribution >= 0.6 is 23.2 Å². The molecule has 260 valence electrons. The van der Waals surface area contributed by atoms with Crippen LogP contribution in [0.25, 0.3) is 33.6 Å². The number of amides is 1. The van der Waals surface area contributed by atoms with Gasteiger partial charge < -0.3 is 25.2 Å². The first kappa shape index (κ1) is 35.2. The van der Waals surface area contributed by atoms with Crippen molar-refractivity contribution < 1.29 is 19.4 Å². The summed E-state index contributed by atoms with van der Waals surface area (Å²) in [6.45, 7) is 1.47. The van der Waals surface area contributed by atoms with Crippen LogP contribution in [0.5, 0.6) is 11.8 Å². The number of aliphatic hydroxyl groups excluding tert-OH is 1. The number of nitrogens with zero attached hydrogens (tertiary/aromatic N) is 6. The van der Waals surface area contributed by atoms with Gasteiger partial charge in [-0.25, -0.2) is 9.97 Å². The van der Waals surface area contributed by atoms with Crippen LogP contribution in [0, 0.1) is 0 Å². The lowest BCUT2D eigenvalue weighted by Crippen LogP contribution is -2.25. The normalized spacial score (nSPS) is 14.2. The molecule has 0 spiro atoms. The molecule has 4 heterocycles. The van der Waals surface area contributed by atoms with Crippen LogP contribution in [-0.4, -0.2) is 67.6 Å². The highest BCUT2D eigenvalue weighted by atomic mass is 35.5. The first-order chi connectivity index (χ1) is 24.4. The molecule has 14 heteroatoms. The van der Waals surface area contributed by atoms with Gasteiger partial charge in [0.25, 0.3) is 0 Å². The van der Waals surface area contributed by atoms with Gasteiger partial charge in [0.1, 0.15) is 11.4 Å². The number of nitrogens with one attached hydrogen (secondary N) is 2. The number of hydrogen-bond donors (Lipinski definition) is 3. The Labute approximate surface area is 300 Å². The molecular weight excluding hydrogens is 679 g/mol. The number of halogens is 2. The van der Waals surface area contributed by atoms with Gasteiger partial charge in [-0.05, 0) is 25.7 Å². The van der Waals surface area contributed by atoms with Crippen molar-refractivity contribution in [3.63, 3.8) is 0 Å². The van der Waals surface area contributed by atoms with Crippen molar-refractivity contribution in [1.82, 2.24) is 40.3 Å². The molecule has 2 aromatic carbocycles. The van der Waals surface area contributed by atoms with Crippen molar-refractivity contribution in [2.75, 3.05) is 20.8 Å². The zero-order valence-electron chi connectivity index (χ0n) is 27.8. The molecule has 12 nitrogen and oxygen atoms in total. The van der Waals surface area contributed by atoms with E-state index in [1.165, 1.54) is 0 Å². The second-order valence-corrected chi connectivity index (χ2v) is 12.6. The molecule has 5 aromatic rings. The highest BCUT2D eigenvalue weighted by molar-refractivity contribution is 6.39. The molecule has 1 fully saturated rings. The number of aliphatic hydroxyl groups is 1. The maximum Gasteiger partial charge on any atom is 0.237 e. The third-order valence-corrected chi connectivity index (χ3v) is 9.35. The summed E-state index contributed by atoms with van der Waals surface area (Å²) >= 11 is 14.1. The van der Waals surface area contributed by atoms with Crippen LogP contribution in [-0.2, 0) is 30.8 Å². The molecule has 1 atom stereocenters. The topological polar surface area (TPSA) is 149 Å². The minimum absolute atomic E-state index is 0.0330. The highest BCUT2D eigenvalue weighted by Crippen LogP contribution is 2.42. The Morgan fingerprint density at radius 2 is 1.52 bits per heavy atom. The van der Waals surface area contributed by atoms with Crippen LogP contribution in [0.3, 0.4) is 0 Å². The minimum atomic E-state index is 0.0330. The van der Waals surface area contributed by atoms with Gasteiger partial charge >= 0.3 is 0 Å². The minimum Gasteiger partial charge on any atom is -0.480 e. The van der Waals surface area contributed by atoms with E-state index in [4.69, 9.17) is 47.8 Å². The van der Waals surface area contributed by atoms with Gasteiger partial charge in [0.15, 0.2) is 0 Å². The highest BCUT2D eigenvalue weighted by Gasteiger charge is 2.22. The SMILES string of the molecule is COc1nc(-c2cccc(-c3cccc(-c4cnc(CNCc5cnn(CCO)c5)c(OC)n4)c3Cl)c2Cl)cnc1CCC[C@@H]1CCC(=O)N1. The molecule has 3 aromatic heterocycles. The van der Waals surface area contributed by atoms with Crippen molar-refractivity contribution in [1.29, 1.82) is 0 Å². The zero-order chi connectivity index (χ0) is 35.0. The van der Waals surface area contributed by atoms with E-state index in [2.05, 4.69) is 25.7 Å². The van der Waals surface area contributed by atoms with Gasteiger partial charge in [-0.2, -0.15) is 5.10 Å². The second kappa shape index (κ2) is 16.4. The molecule has 1 saturated heterocycles. The van der Waals surface area contributed by atoms with E-state index in [1.807, 2.05) is 42.6 Å². The number of methoxy groups -OCH3 is 2. The lowest BCUT2D eigenvalue weighted by molar-refractivity contribution is -0.119. The summed E-state index contributed by atoms with van der Waals surface area (Å²) in [4.78, 5) is 30.3. The maximum absolute atomic E-state index is 11.5. The fraction of sp³-hybridized carbons (Fsp3) is 0.333. The van der Waals surface area contributed by atoms with Crippen molar-refractivity contribution >= 4 is 29.1 Å². The first-order valence-corrected chi connectivity index (χ1v) is 17.1. The van der Waals surface area contributed by atoms with E-state index < -0.39 is 0 Å². The van der Waals surface area contributed by atoms with Gasteiger partial charge in [0.2, 0.25) is 17.7 Å². The number of ether oxygens (including phenoxy) is 2. The Morgan fingerprint density at radius 1 is 0.900 bits per heavy atom. The van der Waals surface area contributed by atoms with Crippen molar-refractivity contribution in [2.45, 2.75) is 57.8 Å². The van der Waals surface area contributed by atoms with E-state index in [9.17, 15) is 4.79 Å². The van der Waals surface area contributed by atoms with E-state index in [1.54, 1.807) is 37.5 Å². The van der Waals surface area contributed by atoms with Crippen molar-refractivity contribution in [3.05, 3.63) is 88.2 Å². The van der Waals surface area contributed by atoms with Crippen molar-refractivity contribution in [3.8, 4) is 45.4 Å². The number of benzene rings is 2. The lowest BCUT2D eigenvalue weighted by atomic mass is 9.98. The maximum atomic E-state index is 11.5. The Bertz CT molecular complexity index is 1970. The zero-order valence-corrected chi connectivity index (χ0v) is 29.3. The Hall–Kier alpha value is -4.62. The summed E-state index contributed by atoms with van der Waals surface area (Å²) in [5.41, 5.74) is 6.33. The van der Waals surface area contributed by atoms with Crippen LogP contribution in [0.2, 0.25) is 10.0 Å². The monoisotopic (exact) mass is 716 g/mol. The third kappa shape index (κ3) is 8.05. The van der Waals surface area contributed by atoms with Gasteiger partial charge in [-0.3, -0.25) is 19.4 Å². The first-order valence-electron chi connectivity index (χ1n) is 16.4. The smallest absolute Gasteiger partial charge is 0.237 e. The van der Waals surface area contributed by atoms with Gasteiger partial charge in [0, 0.05) is 59.6 Å². The summed E-state index contributed by atoms with van der Waals surface area (Å²) < 4.78 is 12.9. The largest absolute Gasteiger partial charge is 0.480 e. The quantitative estimate of drug-likeness (QED) is 0.124.